The number of nitrogens with zero attached hydrogens (tertiary/aromatic N) is 2. The van der Waals surface area contributed by atoms with Crippen LogP contribution in [0.1, 0.15) is 71.5 Å². The molecule has 0 N–H and O–H groups in total. The molecule has 0 aliphatic carbocycles. The fourth-order valence-electron chi connectivity index (χ4n) is 4.13. The van der Waals surface area contributed by atoms with Gasteiger partial charge in [-0.3, -0.25) is 9.59 Å². The van der Waals surface area contributed by atoms with E-state index in [1.54, 1.807) is 9.80 Å². The minimum atomic E-state index is -0.0755. The van der Waals surface area contributed by atoms with E-state index < -0.39 is 0 Å². The molecule has 2 amide bonds. The van der Waals surface area contributed by atoms with E-state index in [0.717, 1.165) is 23.5 Å². The van der Waals surface area contributed by atoms with Gasteiger partial charge in [-0.25, -0.2) is 0 Å². The van der Waals surface area contributed by atoms with Crippen LogP contribution in [0.4, 0.5) is 0 Å². The van der Waals surface area contributed by atoms with Crippen LogP contribution in [0, 0.1) is 18.3 Å². The van der Waals surface area contributed by atoms with E-state index in [1.165, 1.54) is 0 Å². The van der Waals surface area contributed by atoms with Crippen LogP contribution in [0.5, 0.6) is 0 Å². The third kappa shape index (κ3) is 8.52. The Morgan fingerprint density at radius 1 is 0.938 bits per heavy atom. The zero-order valence-corrected chi connectivity index (χ0v) is 20.9. The van der Waals surface area contributed by atoms with Gasteiger partial charge in [0.05, 0.1) is 13.1 Å². The van der Waals surface area contributed by atoms with Crippen molar-refractivity contribution in [3.05, 3.63) is 59.5 Å². The molecule has 1 unspecified atom stereocenters. The summed E-state index contributed by atoms with van der Waals surface area (Å²) in [6.07, 6.45) is 1.43. The molecule has 5 nitrogen and oxygen atoms in total. The second-order valence-corrected chi connectivity index (χ2v) is 10.4. The van der Waals surface area contributed by atoms with Gasteiger partial charge in [-0.15, -0.1) is 0 Å². The van der Waals surface area contributed by atoms with Crippen LogP contribution in [0.2, 0.25) is 0 Å². The molecule has 0 bridgehead atoms. The fraction of sp³-hybridized carbons (Fsp3) is 0.556. The molecule has 0 spiro atoms. The van der Waals surface area contributed by atoms with Crippen molar-refractivity contribution in [2.24, 2.45) is 11.3 Å². The van der Waals surface area contributed by atoms with E-state index in [-0.39, 0.29) is 35.7 Å². The van der Waals surface area contributed by atoms with Crippen molar-refractivity contribution in [3.8, 4) is 0 Å². The lowest BCUT2D eigenvalue weighted by atomic mass is 9.84. The Kier molecular flexibility index (Phi) is 9.11. The molecule has 1 atom stereocenters. The lowest BCUT2D eigenvalue weighted by molar-refractivity contribution is -0.143. The standard InChI is InChI=1S/C27H40N2O3/c1-20(2)29(25(30)15-21(3)16-27(5,6)7)19-26(31)28(17-23-11-9-8-10-12-23)18-24-14-13-22(4)32-24/h8-14,20-21H,15-19H2,1-7H3. The zero-order chi connectivity index (χ0) is 23.9. The van der Waals surface area contributed by atoms with Gasteiger partial charge >= 0.3 is 0 Å². The molecule has 0 aliphatic rings. The molecule has 1 aromatic heterocycles. The molecule has 1 heterocycles. The Labute approximate surface area is 193 Å². The van der Waals surface area contributed by atoms with E-state index in [0.29, 0.717) is 19.5 Å². The average molecular weight is 441 g/mol. The second-order valence-electron chi connectivity index (χ2n) is 10.4. The minimum Gasteiger partial charge on any atom is -0.464 e. The molecule has 32 heavy (non-hydrogen) atoms. The van der Waals surface area contributed by atoms with Crippen molar-refractivity contribution in [1.82, 2.24) is 9.80 Å². The normalized spacial score (nSPS) is 12.6. The number of rotatable bonds is 10. The molecule has 1 aromatic carbocycles. The van der Waals surface area contributed by atoms with Crippen LogP contribution in [-0.2, 0) is 22.7 Å². The van der Waals surface area contributed by atoms with Crippen molar-refractivity contribution in [3.63, 3.8) is 0 Å². The third-order valence-electron chi connectivity index (χ3n) is 5.44. The number of carbonyl (C=O) groups is 2. The maximum atomic E-state index is 13.4. The molecule has 0 saturated heterocycles. The lowest BCUT2D eigenvalue weighted by Gasteiger charge is -2.31. The number of furan rings is 1. The van der Waals surface area contributed by atoms with Gasteiger partial charge in [0.1, 0.15) is 11.5 Å². The van der Waals surface area contributed by atoms with Gasteiger partial charge in [-0.05, 0) is 56.2 Å². The zero-order valence-electron chi connectivity index (χ0n) is 20.9. The van der Waals surface area contributed by atoms with Crippen LogP contribution in [-0.4, -0.2) is 34.2 Å². The summed E-state index contributed by atoms with van der Waals surface area (Å²) in [6.45, 7) is 15.4. The topological polar surface area (TPSA) is 53.8 Å². The van der Waals surface area contributed by atoms with E-state index in [9.17, 15) is 9.59 Å². The number of amides is 2. The molecule has 2 rings (SSSR count). The van der Waals surface area contributed by atoms with Crippen molar-refractivity contribution >= 4 is 11.8 Å². The highest BCUT2D eigenvalue weighted by Crippen LogP contribution is 2.26. The smallest absolute Gasteiger partial charge is 0.242 e. The van der Waals surface area contributed by atoms with Crippen molar-refractivity contribution in [1.29, 1.82) is 0 Å². The highest BCUT2D eigenvalue weighted by Gasteiger charge is 2.26. The summed E-state index contributed by atoms with van der Waals surface area (Å²) in [5.41, 5.74) is 1.22. The number of hydrogen-bond acceptors (Lipinski definition) is 3. The summed E-state index contributed by atoms with van der Waals surface area (Å²) in [7, 11) is 0. The Hall–Kier alpha value is -2.56. The first-order valence-electron chi connectivity index (χ1n) is 11.6. The summed E-state index contributed by atoms with van der Waals surface area (Å²) >= 11 is 0. The van der Waals surface area contributed by atoms with E-state index in [4.69, 9.17) is 4.42 Å². The van der Waals surface area contributed by atoms with Gasteiger partial charge in [0, 0.05) is 19.0 Å². The molecule has 0 aliphatic heterocycles. The summed E-state index contributed by atoms with van der Waals surface area (Å²) in [5, 5.41) is 0. The van der Waals surface area contributed by atoms with Gasteiger partial charge in [0.15, 0.2) is 0 Å². The van der Waals surface area contributed by atoms with Crippen molar-refractivity contribution in [2.45, 2.75) is 80.4 Å². The summed E-state index contributed by atoms with van der Waals surface area (Å²) in [4.78, 5) is 30.0. The number of aryl methyl sites for hydroxylation is 1. The number of benzene rings is 1. The first-order chi connectivity index (χ1) is 14.9. The molecule has 5 heteroatoms. The van der Waals surface area contributed by atoms with Crippen LogP contribution in [0.3, 0.4) is 0 Å². The molecule has 0 radical (unpaired) electrons. The minimum absolute atomic E-state index is 0.0404. The third-order valence-corrected chi connectivity index (χ3v) is 5.44. The van der Waals surface area contributed by atoms with Crippen LogP contribution >= 0.6 is 0 Å². The SMILES string of the molecule is Cc1ccc(CN(Cc2ccccc2)C(=O)CN(C(=O)CC(C)CC(C)(C)C)C(C)C)o1. The van der Waals surface area contributed by atoms with Crippen LogP contribution < -0.4 is 0 Å². The summed E-state index contributed by atoms with van der Waals surface area (Å²) < 4.78 is 5.73. The number of carbonyl (C=O) groups excluding carboxylic acids is 2. The molecule has 0 saturated carbocycles. The van der Waals surface area contributed by atoms with Gasteiger partial charge in [0.2, 0.25) is 11.8 Å². The highest BCUT2D eigenvalue weighted by atomic mass is 16.3. The Morgan fingerprint density at radius 3 is 2.12 bits per heavy atom. The maximum absolute atomic E-state index is 13.4. The molecular weight excluding hydrogens is 400 g/mol. The lowest BCUT2D eigenvalue weighted by Crippen LogP contribution is -2.46. The molecular formula is C27H40N2O3. The predicted molar refractivity (Wildman–Crippen MR) is 129 cm³/mol. The quantitative estimate of drug-likeness (QED) is 0.468. The molecule has 0 fully saturated rings. The maximum Gasteiger partial charge on any atom is 0.242 e. The Balaban J connectivity index is 2.13. The van der Waals surface area contributed by atoms with Gasteiger partial charge in [-0.1, -0.05) is 58.0 Å². The van der Waals surface area contributed by atoms with E-state index >= 15 is 0 Å². The molecule has 176 valence electrons. The first-order valence-corrected chi connectivity index (χ1v) is 11.6. The predicted octanol–water partition coefficient (Wildman–Crippen LogP) is 5.82. The van der Waals surface area contributed by atoms with Crippen LogP contribution in [0.15, 0.2) is 46.9 Å². The van der Waals surface area contributed by atoms with Gasteiger partial charge < -0.3 is 14.2 Å². The van der Waals surface area contributed by atoms with Crippen molar-refractivity contribution in [2.75, 3.05) is 6.54 Å². The highest BCUT2D eigenvalue weighted by molar-refractivity contribution is 5.85. The largest absolute Gasteiger partial charge is 0.464 e. The second kappa shape index (κ2) is 11.3. The average Bonchev–Trinajstić information content (AvgIpc) is 3.09. The van der Waals surface area contributed by atoms with E-state index in [1.807, 2.05) is 63.2 Å². The Morgan fingerprint density at radius 2 is 1.59 bits per heavy atom. The Bertz CT molecular complexity index is 865. The van der Waals surface area contributed by atoms with E-state index in [2.05, 4.69) is 27.7 Å². The fourth-order valence-corrected chi connectivity index (χ4v) is 4.13. The van der Waals surface area contributed by atoms with Gasteiger partial charge in [0.25, 0.3) is 0 Å². The molecule has 2 aromatic rings. The first kappa shape index (κ1) is 25.7. The van der Waals surface area contributed by atoms with Crippen molar-refractivity contribution < 1.29 is 14.0 Å². The number of hydrogen-bond donors (Lipinski definition) is 0. The monoisotopic (exact) mass is 440 g/mol. The summed E-state index contributed by atoms with van der Waals surface area (Å²) in [5.74, 6) is 1.80. The summed E-state index contributed by atoms with van der Waals surface area (Å²) in [6, 6.07) is 13.7. The van der Waals surface area contributed by atoms with Gasteiger partial charge in [-0.2, -0.15) is 0 Å². The van der Waals surface area contributed by atoms with Crippen LogP contribution in [0.25, 0.3) is 0 Å².